The molecule has 0 radical (unpaired) electrons. The summed E-state index contributed by atoms with van der Waals surface area (Å²) >= 11 is 0. The molecule has 0 spiro atoms. The van der Waals surface area contributed by atoms with Gasteiger partial charge in [0.15, 0.2) is 0 Å². The van der Waals surface area contributed by atoms with Gasteiger partial charge >= 0.3 is 5.97 Å². The Balaban J connectivity index is 1.43. The number of nitrogens with zero attached hydrogens (tertiary/aromatic N) is 3. The van der Waals surface area contributed by atoms with Crippen molar-refractivity contribution in [3.63, 3.8) is 0 Å². The molecule has 0 unspecified atom stereocenters. The van der Waals surface area contributed by atoms with Gasteiger partial charge in [0.1, 0.15) is 0 Å². The van der Waals surface area contributed by atoms with Gasteiger partial charge in [0.2, 0.25) is 5.91 Å². The second-order valence-electron chi connectivity index (χ2n) is 8.97. The lowest BCUT2D eigenvalue weighted by atomic mass is 9.49. The van der Waals surface area contributed by atoms with Crippen molar-refractivity contribution in [3.05, 3.63) is 18.7 Å². The van der Waals surface area contributed by atoms with Gasteiger partial charge in [0.05, 0.1) is 25.3 Å². The summed E-state index contributed by atoms with van der Waals surface area (Å²) in [5.74, 6) is 2.29. The first kappa shape index (κ1) is 18.5. The third-order valence-electron chi connectivity index (χ3n) is 7.00. The van der Waals surface area contributed by atoms with E-state index in [1.165, 1.54) is 26.4 Å². The minimum atomic E-state index is -0.243. The van der Waals surface area contributed by atoms with Crippen molar-refractivity contribution in [1.29, 1.82) is 0 Å². The van der Waals surface area contributed by atoms with E-state index in [2.05, 4.69) is 4.98 Å². The lowest BCUT2D eigenvalue weighted by Crippen LogP contribution is -2.55. The summed E-state index contributed by atoms with van der Waals surface area (Å²) < 4.78 is 6.84. The van der Waals surface area contributed by atoms with Gasteiger partial charge in [-0.1, -0.05) is 0 Å². The van der Waals surface area contributed by atoms with E-state index in [1.54, 1.807) is 12.5 Å². The quantitative estimate of drug-likeness (QED) is 0.657. The Bertz CT molecular complexity index is 635. The van der Waals surface area contributed by atoms with Crippen molar-refractivity contribution in [3.8, 4) is 0 Å². The van der Waals surface area contributed by atoms with E-state index < -0.39 is 0 Å². The number of ether oxygens (including phenoxy) is 1. The molecule has 1 aromatic rings. The van der Waals surface area contributed by atoms with Crippen LogP contribution in [-0.4, -0.2) is 46.5 Å². The number of amides is 1. The second-order valence-corrected chi connectivity index (χ2v) is 8.97. The zero-order valence-electron chi connectivity index (χ0n) is 16.3. The summed E-state index contributed by atoms with van der Waals surface area (Å²) in [4.78, 5) is 31.4. The van der Waals surface area contributed by atoms with E-state index in [4.69, 9.17) is 4.74 Å². The van der Waals surface area contributed by atoms with Crippen LogP contribution in [0.3, 0.4) is 0 Å². The van der Waals surface area contributed by atoms with Crippen molar-refractivity contribution in [2.24, 2.45) is 23.2 Å². The summed E-state index contributed by atoms with van der Waals surface area (Å²) in [6.45, 7) is 2.00. The summed E-state index contributed by atoms with van der Waals surface area (Å²) in [5.41, 5.74) is -0.153. The molecule has 1 heterocycles. The summed E-state index contributed by atoms with van der Waals surface area (Å²) in [5, 5.41) is 0. The molecule has 4 saturated carbocycles. The number of carbonyl (C=O) groups excluding carboxylic acids is 2. The van der Waals surface area contributed by atoms with Gasteiger partial charge in [-0.05, 0) is 62.7 Å². The topological polar surface area (TPSA) is 64.4 Å². The molecule has 4 fully saturated rings. The summed E-state index contributed by atoms with van der Waals surface area (Å²) in [7, 11) is 1.41. The highest BCUT2D eigenvalue weighted by atomic mass is 16.5. The highest BCUT2D eigenvalue weighted by Crippen LogP contribution is 2.60. The van der Waals surface area contributed by atoms with Crippen molar-refractivity contribution < 1.29 is 14.3 Å². The first-order chi connectivity index (χ1) is 13.1. The molecule has 27 heavy (non-hydrogen) atoms. The number of methoxy groups -OCH3 is 1. The molecule has 6 nitrogen and oxygen atoms in total. The fourth-order valence-electron chi connectivity index (χ4n) is 6.21. The van der Waals surface area contributed by atoms with Crippen molar-refractivity contribution in [1.82, 2.24) is 14.5 Å². The molecule has 0 saturated heterocycles. The van der Waals surface area contributed by atoms with E-state index in [0.717, 1.165) is 50.0 Å². The Morgan fingerprint density at radius 3 is 2.37 bits per heavy atom. The molecule has 0 N–H and O–H groups in total. The predicted molar refractivity (Wildman–Crippen MR) is 101 cm³/mol. The van der Waals surface area contributed by atoms with E-state index in [9.17, 15) is 9.59 Å². The molecule has 0 atom stereocenters. The Hall–Kier alpha value is -1.85. The maximum atomic E-state index is 13.6. The molecule has 148 valence electrons. The minimum Gasteiger partial charge on any atom is -0.469 e. The highest BCUT2D eigenvalue weighted by molar-refractivity contribution is 5.84. The van der Waals surface area contributed by atoms with Crippen LogP contribution in [-0.2, 0) is 20.9 Å². The molecule has 4 aliphatic carbocycles. The number of hydrogen-bond acceptors (Lipinski definition) is 4. The van der Waals surface area contributed by atoms with E-state index in [-0.39, 0.29) is 17.8 Å². The standard InChI is InChI=1S/C21H31N3O3/c1-27-19(25)3-7-24(6-2-5-23-8-4-22-15-23)20(26)21-12-16-9-17(13-21)11-18(10-16)14-21/h4,8,15-18H,2-3,5-7,9-14H2,1H3. The molecule has 6 heteroatoms. The average molecular weight is 373 g/mol. The zero-order chi connectivity index (χ0) is 18.9. The second kappa shape index (κ2) is 7.64. The first-order valence-corrected chi connectivity index (χ1v) is 10.4. The minimum absolute atomic E-state index is 0.153. The van der Waals surface area contributed by atoms with Gasteiger partial charge in [0, 0.05) is 32.0 Å². The smallest absolute Gasteiger partial charge is 0.307 e. The Kier molecular flexibility index (Phi) is 5.24. The molecular weight excluding hydrogens is 342 g/mol. The van der Waals surface area contributed by atoms with Crippen LogP contribution in [0, 0.1) is 23.2 Å². The molecule has 1 aromatic heterocycles. The molecule has 1 amide bonds. The van der Waals surface area contributed by atoms with Gasteiger partial charge in [-0.15, -0.1) is 0 Å². The zero-order valence-corrected chi connectivity index (χ0v) is 16.3. The number of hydrogen-bond donors (Lipinski definition) is 0. The van der Waals surface area contributed by atoms with Gasteiger partial charge in [-0.2, -0.15) is 0 Å². The fourth-order valence-corrected chi connectivity index (χ4v) is 6.21. The van der Waals surface area contributed by atoms with Gasteiger partial charge in [0.25, 0.3) is 0 Å². The van der Waals surface area contributed by atoms with Crippen LogP contribution >= 0.6 is 0 Å². The normalized spacial score (nSPS) is 31.1. The van der Waals surface area contributed by atoms with Crippen LogP contribution < -0.4 is 0 Å². The third-order valence-corrected chi connectivity index (χ3v) is 7.00. The number of esters is 1. The SMILES string of the molecule is COC(=O)CCN(CCCn1ccnc1)C(=O)C12CC3CC(CC(C3)C1)C2. The maximum Gasteiger partial charge on any atom is 0.307 e. The van der Waals surface area contributed by atoms with Crippen LogP contribution in [0.2, 0.25) is 0 Å². The van der Waals surface area contributed by atoms with Crippen LogP contribution in [0.25, 0.3) is 0 Å². The lowest BCUT2D eigenvalue weighted by molar-refractivity contribution is -0.158. The van der Waals surface area contributed by atoms with Crippen LogP contribution in [0.4, 0.5) is 0 Å². The summed E-state index contributed by atoms with van der Waals surface area (Å²) in [6, 6.07) is 0. The van der Waals surface area contributed by atoms with Gasteiger partial charge in [-0.3, -0.25) is 9.59 Å². The molecule has 4 bridgehead atoms. The lowest BCUT2D eigenvalue weighted by Gasteiger charge is -2.56. The third kappa shape index (κ3) is 3.90. The molecule has 5 rings (SSSR count). The highest BCUT2D eigenvalue weighted by Gasteiger charge is 2.55. The van der Waals surface area contributed by atoms with E-state index in [0.29, 0.717) is 19.0 Å². The average Bonchev–Trinajstić information content (AvgIpc) is 3.16. The number of imidazole rings is 1. The van der Waals surface area contributed by atoms with Crippen LogP contribution in [0.1, 0.15) is 51.4 Å². The van der Waals surface area contributed by atoms with Crippen LogP contribution in [0.15, 0.2) is 18.7 Å². The van der Waals surface area contributed by atoms with Crippen molar-refractivity contribution >= 4 is 11.9 Å². The maximum absolute atomic E-state index is 13.6. The molecular formula is C21H31N3O3. The number of rotatable bonds is 8. The molecule has 0 aromatic carbocycles. The number of aryl methyl sites for hydroxylation is 1. The number of aromatic nitrogens is 2. The van der Waals surface area contributed by atoms with Crippen molar-refractivity contribution in [2.45, 2.75) is 57.9 Å². The van der Waals surface area contributed by atoms with Gasteiger partial charge in [-0.25, -0.2) is 4.98 Å². The fraction of sp³-hybridized carbons (Fsp3) is 0.762. The summed E-state index contributed by atoms with van der Waals surface area (Å²) in [6.07, 6.45) is 13.8. The van der Waals surface area contributed by atoms with Gasteiger partial charge < -0.3 is 14.2 Å². The van der Waals surface area contributed by atoms with E-state index >= 15 is 0 Å². The van der Waals surface area contributed by atoms with E-state index in [1.807, 2.05) is 15.7 Å². The monoisotopic (exact) mass is 373 g/mol. The Morgan fingerprint density at radius 1 is 1.15 bits per heavy atom. The van der Waals surface area contributed by atoms with Crippen molar-refractivity contribution in [2.75, 3.05) is 20.2 Å². The predicted octanol–water partition coefficient (Wildman–Crippen LogP) is 2.88. The molecule has 4 aliphatic rings. The Labute approximate surface area is 161 Å². The first-order valence-electron chi connectivity index (χ1n) is 10.4. The Morgan fingerprint density at radius 2 is 1.81 bits per heavy atom. The van der Waals surface area contributed by atoms with Crippen LogP contribution in [0.5, 0.6) is 0 Å². The largest absolute Gasteiger partial charge is 0.469 e. The number of carbonyl (C=O) groups is 2. The molecule has 0 aliphatic heterocycles.